The van der Waals surface area contributed by atoms with E-state index in [1.165, 1.54) is 26.4 Å². The lowest BCUT2D eigenvalue weighted by molar-refractivity contribution is 1.19. The van der Waals surface area contributed by atoms with Crippen LogP contribution in [0.5, 0.6) is 0 Å². The summed E-state index contributed by atoms with van der Waals surface area (Å²) in [5, 5.41) is 0. The van der Waals surface area contributed by atoms with Crippen LogP contribution in [0.2, 0.25) is 0 Å². The number of hydrogen-bond donors (Lipinski definition) is 0. The molecule has 0 radical (unpaired) electrons. The van der Waals surface area contributed by atoms with Gasteiger partial charge in [-0.05, 0) is 49.1 Å². The smallest absolute Gasteiger partial charge is 0.0738 e. The summed E-state index contributed by atoms with van der Waals surface area (Å²) in [7, 11) is 0. The molecule has 1 aromatic carbocycles. The molecule has 0 aliphatic heterocycles. The highest BCUT2D eigenvalue weighted by Gasteiger charge is 2.13. The van der Waals surface area contributed by atoms with Crippen LogP contribution in [-0.2, 0) is 6.42 Å². The topological polar surface area (TPSA) is 0 Å². The Hall–Kier alpha value is -0.600. The van der Waals surface area contributed by atoms with Crippen molar-refractivity contribution >= 4 is 27.3 Å². The van der Waals surface area contributed by atoms with E-state index in [0.717, 1.165) is 6.42 Å². The zero-order valence-corrected chi connectivity index (χ0v) is 12.9. The Labute approximate surface area is 116 Å². The zero-order valence-electron chi connectivity index (χ0n) is 10.5. The molecule has 17 heavy (non-hydrogen) atoms. The molecule has 0 aliphatic carbocycles. The van der Waals surface area contributed by atoms with Crippen molar-refractivity contribution in [1.82, 2.24) is 0 Å². The van der Waals surface area contributed by atoms with E-state index in [4.69, 9.17) is 0 Å². The summed E-state index contributed by atoms with van der Waals surface area (Å²) in [6.07, 6.45) is 1.12. The van der Waals surface area contributed by atoms with Gasteiger partial charge in [0.2, 0.25) is 0 Å². The van der Waals surface area contributed by atoms with E-state index in [2.05, 4.69) is 67.0 Å². The average molecular weight is 309 g/mol. The van der Waals surface area contributed by atoms with Gasteiger partial charge >= 0.3 is 0 Å². The van der Waals surface area contributed by atoms with Gasteiger partial charge in [0.05, 0.1) is 4.83 Å². The lowest BCUT2D eigenvalue weighted by atomic mass is 10.0. The molecule has 0 aliphatic rings. The van der Waals surface area contributed by atoms with Gasteiger partial charge in [-0.1, -0.05) is 41.1 Å². The van der Waals surface area contributed by atoms with Crippen molar-refractivity contribution < 1.29 is 0 Å². The van der Waals surface area contributed by atoms with E-state index in [-0.39, 0.29) is 0 Å². The quantitative estimate of drug-likeness (QED) is 0.665. The van der Waals surface area contributed by atoms with Crippen LogP contribution in [0.4, 0.5) is 0 Å². The fourth-order valence-electron chi connectivity index (χ4n) is 1.81. The lowest BCUT2D eigenvalue weighted by Crippen LogP contribution is -1.91. The number of benzene rings is 1. The summed E-state index contributed by atoms with van der Waals surface area (Å²) in [4.78, 5) is 3.17. The molecule has 1 aromatic heterocycles. The minimum Gasteiger partial charge on any atom is -0.144 e. The van der Waals surface area contributed by atoms with Crippen LogP contribution in [0.25, 0.3) is 0 Å². The largest absolute Gasteiger partial charge is 0.144 e. The fraction of sp³-hybridized carbons (Fsp3) is 0.333. The van der Waals surface area contributed by atoms with Crippen LogP contribution in [-0.4, -0.2) is 0 Å². The third-order valence-corrected chi connectivity index (χ3v) is 5.72. The van der Waals surface area contributed by atoms with Gasteiger partial charge < -0.3 is 0 Å². The maximum atomic E-state index is 3.81. The van der Waals surface area contributed by atoms with Crippen LogP contribution in [0.15, 0.2) is 30.3 Å². The molecule has 1 atom stereocenters. The number of halogens is 1. The molecule has 0 spiro atoms. The first kappa shape index (κ1) is 12.8. The highest BCUT2D eigenvalue weighted by atomic mass is 79.9. The van der Waals surface area contributed by atoms with Crippen LogP contribution in [0, 0.1) is 13.8 Å². The van der Waals surface area contributed by atoms with Crippen molar-refractivity contribution in [3.05, 3.63) is 56.8 Å². The Balaban J connectivity index is 2.29. The molecule has 90 valence electrons. The van der Waals surface area contributed by atoms with Gasteiger partial charge in [0, 0.05) is 9.75 Å². The summed E-state index contributed by atoms with van der Waals surface area (Å²) < 4.78 is 0. The van der Waals surface area contributed by atoms with E-state index < -0.39 is 0 Å². The number of alkyl halides is 1. The first-order chi connectivity index (χ1) is 8.11. The second-order valence-electron chi connectivity index (χ2n) is 4.36. The maximum Gasteiger partial charge on any atom is 0.0738 e. The highest BCUT2D eigenvalue weighted by Crippen LogP contribution is 2.36. The third kappa shape index (κ3) is 2.80. The summed E-state index contributed by atoms with van der Waals surface area (Å²) in [5.41, 5.74) is 4.06. The first-order valence-corrected chi connectivity index (χ1v) is 7.65. The number of rotatable bonds is 3. The monoisotopic (exact) mass is 308 g/mol. The minimum atomic E-state index is 0.326. The van der Waals surface area contributed by atoms with Gasteiger partial charge in [-0.2, -0.15) is 0 Å². The molecule has 0 N–H and O–H groups in total. The molecule has 0 bridgehead atoms. The molecule has 1 unspecified atom stereocenters. The van der Waals surface area contributed by atoms with Crippen molar-refractivity contribution in [2.75, 3.05) is 0 Å². The Morgan fingerprint density at radius 3 is 2.47 bits per heavy atom. The molecule has 2 aromatic rings. The zero-order chi connectivity index (χ0) is 12.4. The summed E-state index contributed by atoms with van der Waals surface area (Å²) >= 11 is 5.70. The number of aryl methyl sites for hydroxylation is 3. The van der Waals surface area contributed by atoms with Crippen LogP contribution in [0.3, 0.4) is 0 Å². The summed E-state index contributed by atoms with van der Waals surface area (Å²) in [6, 6.07) is 11.2. The molecule has 1 heterocycles. The second-order valence-corrected chi connectivity index (χ2v) is 6.48. The van der Waals surface area contributed by atoms with Gasteiger partial charge in [0.1, 0.15) is 0 Å². The predicted octanol–water partition coefficient (Wildman–Crippen LogP) is 5.41. The molecule has 2 rings (SSSR count). The maximum absolute atomic E-state index is 3.81. The lowest BCUT2D eigenvalue weighted by Gasteiger charge is -2.10. The predicted molar refractivity (Wildman–Crippen MR) is 80.4 cm³/mol. The van der Waals surface area contributed by atoms with E-state index in [0.29, 0.717) is 4.83 Å². The van der Waals surface area contributed by atoms with Crippen molar-refractivity contribution in [3.63, 3.8) is 0 Å². The normalized spacial score (nSPS) is 12.7. The van der Waals surface area contributed by atoms with Gasteiger partial charge in [0.15, 0.2) is 0 Å². The Kier molecular flexibility index (Phi) is 4.05. The van der Waals surface area contributed by atoms with Crippen LogP contribution in [0.1, 0.15) is 38.2 Å². The van der Waals surface area contributed by atoms with Crippen molar-refractivity contribution in [1.29, 1.82) is 0 Å². The highest BCUT2D eigenvalue weighted by molar-refractivity contribution is 9.09. The molecule has 2 heteroatoms. The van der Waals surface area contributed by atoms with Gasteiger partial charge in [-0.25, -0.2) is 0 Å². The first-order valence-electron chi connectivity index (χ1n) is 5.91. The van der Waals surface area contributed by atoms with E-state index in [1.807, 2.05) is 11.3 Å². The van der Waals surface area contributed by atoms with E-state index in [9.17, 15) is 0 Å². The molecule has 0 amide bonds. The molecule has 0 saturated heterocycles. The van der Waals surface area contributed by atoms with Crippen LogP contribution < -0.4 is 0 Å². The van der Waals surface area contributed by atoms with Gasteiger partial charge in [-0.15, -0.1) is 11.3 Å². The summed E-state index contributed by atoms with van der Waals surface area (Å²) in [5.74, 6) is 0. The number of hydrogen-bond acceptors (Lipinski definition) is 1. The molecule has 0 nitrogen and oxygen atoms in total. The van der Waals surface area contributed by atoms with Gasteiger partial charge in [-0.3, -0.25) is 0 Å². The fourth-order valence-corrected chi connectivity index (χ4v) is 3.48. The van der Waals surface area contributed by atoms with E-state index >= 15 is 0 Å². The van der Waals surface area contributed by atoms with Crippen molar-refractivity contribution in [3.8, 4) is 0 Å². The number of thiophene rings is 1. The van der Waals surface area contributed by atoms with Crippen molar-refractivity contribution in [2.24, 2.45) is 0 Å². The second kappa shape index (κ2) is 5.36. The molecule has 0 saturated carbocycles. The Morgan fingerprint density at radius 2 is 1.88 bits per heavy atom. The van der Waals surface area contributed by atoms with Crippen molar-refractivity contribution in [2.45, 2.75) is 32.0 Å². The Bertz CT molecular complexity index is 513. The average Bonchev–Trinajstić information content (AvgIpc) is 2.80. The summed E-state index contributed by atoms with van der Waals surface area (Å²) in [6.45, 7) is 6.53. The van der Waals surface area contributed by atoms with E-state index in [1.54, 1.807) is 0 Å². The Morgan fingerprint density at radius 1 is 1.12 bits per heavy atom. The minimum absolute atomic E-state index is 0.326. The molecule has 0 fully saturated rings. The SMILES string of the molecule is CCc1ccc(C(Br)c2ccc(C)c(C)c2)s1. The van der Waals surface area contributed by atoms with Gasteiger partial charge in [0.25, 0.3) is 0 Å². The van der Waals surface area contributed by atoms with Crippen LogP contribution >= 0.6 is 27.3 Å². The molecular formula is C15H17BrS. The molecular weight excluding hydrogens is 292 g/mol. The standard InChI is InChI=1S/C15H17BrS/c1-4-13-7-8-14(17-13)15(16)12-6-5-10(2)11(3)9-12/h5-9,15H,4H2,1-3H3. The third-order valence-electron chi connectivity index (χ3n) is 3.10.